The van der Waals surface area contributed by atoms with Gasteiger partial charge in [-0.15, -0.1) is 0 Å². The minimum Gasteiger partial charge on any atom is -0.379 e. The van der Waals surface area contributed by atoms with Gasteiger partial charge in [0.15, 0.2) is 4.77 Å². The second-order valence-corrected chi connectivity index (χ2v) is 6.65. The summed E-state index contributed by atoms with van der Waals surface area (Å²) in [6.07, 6.45) is 3.06. The van der Waals surface area contributed by atoms with E-state index in [-0.39, 0.29) is 18.4 Å². The van der Waals surface area contributed by atoms with Crippen LogP contribution in [0, 0.1) is 4.77 Å². The summed E-state index contributed by atoms with van der Waals surface area (Å²) in [7, 11) is 0. The molecule has 2 fully saturated rings. The predicted octanol–water partition coefficient (Wildman–Crippen LogP) is 0.301. The van der Waals surface area contributed by atoms with Gasteiger partial charge in [-0.25, -0.2) is 4.68 Å². The van der Waals surface area contributed by atoms with Crippen molar-refractivity contribution in [1.82, 2.24) is 19.2 Å². The van der Waals surface area contributed by atoms with Crippen LogP contribution in [0.3, 0.4) is 0 Å². The van der Waals surface area contributed by atoms with Crippen molar-refractivity contribution in [3.63, 3.8) is 0 Å². The highest BCUT2D eigenvalue weighted by atomic mass is 32.1. The molecule has 2 aliphatic rings. The van der Waals surface area contributed by atoms with Crippen molar-refractivity contribution in [3.05, 3.63) is 10.6 Å². The molecule has 9 heteroatoms. The number of hydrogen-bond acceptors (Lipinski definition) is 6. The minimum absolute atomic E-state index is 0.171. The summed E-state index contributed by atoms with van der Waals surface area (Å²) in [6, 6.07) is 0. The lowest BCUT2D eigenvalue weighted by molar-refractivity contribution is -0.118. The van der Waals surface area contributed by atoms with Crippen LogP contribution in [0.1, 0.15) is 25.1 Å². The molecule has 1 atom stereocenters. The summed E-state index contributed by atoms with van der Waals surface area (Å²) in [5.41, 5.74) is 5.29. The molecule has 2 saturated heterocycles. The maximum absolute atomic E-state index is 11.1. The summed E-state index contributed by atoms with van der Waals surface area (Å²) in [5.74, 6) is 0.481. The van der Waals surface area contributed by atoms with Crippen molar-refractivity contribution >= 4 is 18.1 Å². The fraction of sp³-hybridized carbons (Fsp3) is 0.800. The van der Waals surface area contributed by atoms with E-state index in [0.717, 1.165) is 51.6 Å². The molecular formula is C15H25N5O3S. The first-order valence-corrected chi connectivity index (χ1v) is 8.91. The first-order chi connectivity index (χ1) is 11.6. The van der Waals surface area contributed by atoms with Crippen molar-refractivity contribution in [2.75, 3.05) is 32.9 Å². The fourth-order valence-electron chi connectivity index (χ4n) is 3.11. The van der Waals surface area contributed by atoms with Crippen molar-refractivity contribution in [2.45, 2.75) is 45.0 Å². The van der Waals surface area contributed by atoms with Gasteiger partial charge in [-0.3, -0.25) is 9.69 Å². The van der Waals surface area contributed by atoms with Gasteiger partial charge in [0, 0.05) is 32.5 Å². The molecule has 1 amide bonds. The highest BCUT2D eigenvalue weighted by Gasteiger charge is 2.21. The van der Waals surface area contributed by atoms with E-state index in [1.54, 1.807) is 0 Å². The van der Waals surface area contributed by atoms with Crippen LogP contribution < -0.4 is 5.73 Å². The van der Waals surface area contributed by atoms with Gasteiger partial charge in [0.25, 0.3) is 0 Å². The molecule has 134 valence electrons. The molecule has 0 saturated carbocycles. The van der Waals surface area contributed by atoms with Crippen LogP contribution in [0.15, 0.2) is 0 Å². The molecule has 0 spiro atoms. The molecule has 0 aromatic carbocycles. The van der Waals surface area contributed by atoms with Gasteiger partial charge in [0.2, 0.25) is 5.91 Å². The number of ether oxygens (including phenoxy) is 2. The Labute approximate surface area is 146 Å². The summed E-state index contributed by atoms with van der Waals surface area (Å²) in [6.45, 7) is 5.35. The Balaban J connectivity index is 1.77. The number of amides is 1. The smallest absolute Gasteiger partial charge is 0.217 e. The van der Waals surface area contributed by atoms with Crippen LogP contribution in [-0.4, -0.2) is 64.2 Å². The molecule has 3 heterocycles. The van der Waals surface area contributed by atoms with Crippen LogP contribution in [0.2, 0.25) is 0 Å². The largest absolute Gasteiger partial charge is 0.379 e. The van der Waals surface area contributed by atoms with Gasteiger partial charge >= 0.3 is 0 Å². The lowest BCUT2D eigenvalue weighted by Gasteiger charge is -2.26. The van der Waals surface area contributed by atoms with E-state index in [9.17, 15) is 4.79 Å². The Hall–Kier alpha value is -1.29. The average molecular weight is 355 g/mol. The molecule has 1 aromatic heterocycles. The van der Waals surface area contributed by atoms with Gasteiger partial charge in [0.05, 0.1) is 32.5 Å². The van der Waals surface area contributed by atoms with E-state index in [1.807, 2.05) is 9.25 Å². The van der Waals surface area contributed by atoms with Crippen LogP contribution in [-0.2, 0) is 33.9 Å². The van der Waals surface area contributed by atoms with Crippen molar-refractivity contribution in [2.24, 2.45) is 5.73 Å². The second kappa shape index (κ2) is 8.19. The average Bonchev–Trinajstić information content (AvgIpc) is 3.18. The van der Waals surface area contributed by atoms with Gasteiger partial charge in [-0.05, 0) is 25.1 Å². The number of hydrogen-bond donors (Lipinski definition) is 1. The van der Waals surface area contributed by atoms with E-state index >= 15 is 0 Å². The zero-order valence-corrected chi connectivity index (χ0v) is 14.7. The Morgan fingerprint density at radius 2 is 2.12 bits per heavy atom. The molecule has 0 unspecified atom stereocenters. The number of nitrogens with two attached hydrogens (primary N) is 1. The molecule has 3 rings (SSSR count). The molecule has 2 N–H and O–H groups in total. The molecule has 0 aliphatic carbocycles. The molecule has 8 nitrogen and oxygen atoms in total. The Bertz CT molecular complexity index is 617. The first-order valence-electron chi connectivity index (χ1n) is 8.50. The van der Waals surface area contributed by atoms with Crippen LogP contribution in [0.25, 0.3) is 0 Å². The minimum atomic E-state index is -0.327. The quantitative estimate of drug-likeness (QED) is 0.708. The van der Waals surface area contributed by atoms with Crippen LogP contribution in [0.5, 0.6) is 0 Å². The monoisotopic (exact) mass is 355 g/mol. The first kappa shape index (κ1) is 17.5. The standard InChI is InChI=1S/C15H25N5O3S/c16-13(21)3-4-14-17-20(11-18-5-8-22-9-6-18)15(24)19(14)10-12-2-1-7-23-12/h12H,1-11H2,(H2,16,21)/t12-/m0/s1. The lowest BCUT2D eigenvalue weighted by atomic mass is 10.2. The molecular weight excluding hydrogens is 330 g/mol. The summed E-state index contributed by atoms with van der Waals surface area (Å²) < 4.78 is 15.6. The molecule has 24 heavy (non-hydrogen) atoms. The Morgan fingerprint density at radius 1 is 1.33 bits per heavy atom. The highest BCUT2D eigenvalue weighted by Crippen LogP contribution is 2.16. The van der Waals surface area contributed by atoms with Crippen LogP contribution in [0.4, 0.5) is 0 Å². The molecule has 0 bridgehead atoms. The topological polar surface area (TPSA) is 87.5 Å². The van der Waals surface area contributed by atoms with E-state index in [1.165, 1.54) is 0 Å². The Kier molecular flexibility index (Phi) is 5.99. The summed E-state index contributed by atoms with van der Waals surface area (Å²) >= 11 is 5.63. The van der Waals surface area contributed by atoms with Crippen molar-refractivity contribution in [3.8, 4) is 0 Å². The van der Waals surface area contributed by atoms with Gasteiger partial charge < -0.3 is 19.8 Å². The molecule has 0 radical (unpaired) electrons. The van der Waals surface area contributed by atoms with Gasteiger partial charge in [-0.1, -0.05) is 0 Å². The second-order valence-electron chi connectivity index (χ2n) is 6.28. The van der Waals surface area contributed by atoms with Crippen molar-refractivity contribution in [1.29, 1.82) is 0 Å². The molecule has 2 aliphatic heterocycles. The zero-order chi connectivity index (χ0) is 16.9. The number of aromatic nitrogens is 3. The van der Waals surface area contributed by atoms with Crippen molar-refractivity contribution < 1.29 is 14.3 Å². The third kappa shape index (κ3) is 4.41. The number of morpholine rings is 1. The van der Waals surface area contributed by atoms with E-state index in [0.29, 0.717) is 24.4 Å². The Morgan fingerprint density at radius 3 is 2.79 bits per heavy atom. The van der Waals surface area contributed by atoms with Crippen LogP contribution >= 0.6 is 12.2 Å². The number of carbonyl (C=O) groups excluding carboxylic acids is 1. The fourth-order valence-corrected chi connectivity index (χ4v) is 3.38. The predicted molar refractivity (Wildman–Crippen MR) is 89.9 cm³/mol. The zero-order valence-electron chi connectivity index (χ0n) is 13.9. The highest BCUT2D eigenvalue weighted by molar-refractivity contribution is 7.71. The number of rotatable bonds is 7. The van der Waals surface area contributed by atoms with E-state index in [2.05, 4.69) is 10.00 Å². The maximum atomic E-state index is 11.1. The third-order valence-electron chi connectivity index (χ3n) is 4.44. The van der Waals surface area contributed by atoms with Gasteiger partial charge in [-0.2, -0.15) is 5.10 Å². The normalized spacial score (nSPS) is 22.1. The van der Waals surface area contributed by atoms with Gasteiger partial charge in [0.1, 0.15) is 5.82 Å². The maximum Gasteiger partial charge on any atom is 0.217 e. The summed E-state index contributed by atoms with van der Waals surface area (Å²) in [5, 5.41) is 4.65. The number of nitrogens with zero attached hydrogens (tertiary/aromatic N) is 4. The number of carbonyl (C=O) groups is 1. The SMILES string of the molecule is NC(=O)CCc1nn(CN2CCOCC2)c(=S)n1C[C@@H]1CCCO1. The number of primary amides is 1. The van der Waals surface area contributed by atoms with E-state index in [4.69, 9.17) is 27.4 Å². The lowest BCUT2D eigenvalue weighted by Crippen LogP contribution is -2.37. The van der Waals surface area contributed by atoms with E-state index < -0.39 is 0 Å². The summed E-state index contributed by atoms with van der Waals surface area (Å²) in [4.78, 5) is 13.4. The molecule has 1 aromatic rings. The number of aryl methyl sites for hydroxylation is 1. The third-order valence-corrected chi connectivity index (χ3v) is 4.87.